The number of pyridine rings is 1. The Morgan fingerprint density at radius 1 is 1.76 bits per heavy atom. The van der Waals surface area contributed by atoms with Crippen molar-refractivity contribution in [3.63, 3.8) is 0 Å². The van der Waals surface area contributed by atoms with Crippen molar-refractivity contribution in [2.75, 3.05) is 5.32 Å². The molecule has 17 heavy (non-hydrogen) atoms. The van der Waals surface area contributed by atoms with E-state index in [1.165, 1.54) is 20.0 Å². The molecule has 0 aliphatic heterocycles. The summed E-state index contributed by atoms with van der Waals surface area (Å²) in [5, 5.41) is 13.9. The third-order valence-electron chi connectivity index (χ3n) is 1.84. The monoisotopic (exact) mass is 239 g/mol. The maximum Gasteiger partial charge on any atom is 0.209 e. The van der Waals surface area contributed by atoms with Gasteiger partial charge < -0.3 is 5.32 Å². The van der Waals surface area contributed by atoms with E-state index in [2.05, 4.69) is 20.6 Å². The average molecular weight is 239 g/mol. The molecule has 0 aliphatic carbocycles. The van der Waals surface area contributed by atoms with Crippen LogP contribution in [0.1, 0.15) is 32.6 Å². The second-order valence-corrected chi connectivity index (χ2v) is 3.77. The van der Waals surface area contributed by atoms with Gasteiger partial charge in [0.05, 0.1) is 17.4 Å². The Kier molecular flexibility index (Phi) is 2.78. The predicted molar refractivity (Wildman–Crippen MR) is 68.4 cm³/mol. The van der Waals surface area contributed by atoms with Crippen molar-refractivity contribution in [3.05, 3.63) is 24.5 Å². The summed E-state index contributed by atoms with van der Waals surface area (Å²) in [5.74, 6) is 0.0278. The highest BCUT2D eigenvalue weighted by atomic mass is 15.2. The first-order valence-electron chi connectivity index (χ1n) is 7.12. The molecule has 0 unspecified atom stereocenters. The normalized spacial score (nSPS) is 16.2. The molecule has 1 rings (SSSR count). The van der Waals surface area contributed by atoms with Gasteiger partial charge in [0.1, 0.15) is 0 Å². The first-order chi connectivity index (χ1) is 9.70. The van der Waals surface area contributed by atoms with Gasteiger partial charge in [0.25, 0.3) is 0 Å². The van der Waals surface area contributed by atoms with Crippen LogP contribution in [0.2, 0.25) is 0 Å². The van der Waals surface area contributed by atoms with E-state index in [0.717, 1.165) is 0 Å². The molecular formula is C12H17N5. The molecule has 0 fully saturated rings. The van der Waals surface area contributed by atoms with Gasteiger partial charge in [-0.25, -0.2) is 4.99 Å². The smallest absolute Gasteiger partial charge is 0.209 e. The van der Waals surface area contributed by atoms with Crippen molar-refractivity contribution in [1.82, 2.24) is 10.3 Å². The van der Waals surface area contributed by atoms with E-state index in [0.29, 0.717) is 5.69 Å². The first kappa shape index (κ1) is 8.07. The van der Waals surface area contributed by atoms with Gasteiger partial charge in [0.15, 0.2) is 6.19 Å². The second-order valence-electron chi connectivity index (χ2n) is 3.77. The zero-order chi connectivity index (χ0) is 16.1. The highest BCUT2D eigenvalue weighted by molar-refractivity contribution is 5.94. The lowest BCUT2D eigenvalue weighted by molar-refractivity contribution is 0.503. The highest BCUT2D eigenvalue weighted by Crippen LogP contribution is 2.13. The number of guanidine groups is 1. The zero-order valence-electron chi connectivity index (χ0n) is 13.7. The SMILES string of the molecule is [3H]C([3H])C([3H])([3H])C(C)(C)N=C(NC#N)Nc1cccnc1. The lowest BCUT2D eigenvalue weighted by Gasteiger charge is -2.19. The maximum absolute atomic E-state index is 8.76. The molecule has 1 aromatic heterocycles. The van der Waals surface area contributed by atoms with Crippen LogP contribution in [0.5, 0.6) is 0 Å². The third-order valence-corrected chi connectivity index (χ3v) is 1.84. The summed E-state index contributed by atoms with van der Waals surface area (Å²) >= 11 is 0. The minimum absolute atomic E-state index is 0.0278. The van der Waals surface area contributed by atoms with Crippen molar-refractivity contribution in [2.45, 2.75) is 32.6 Å². The molecule has 1 aromatic rings. The molecule has 2 N–H and O–H groups in total. The van der Waals surface area contributed by atoms with E-state index in [-0.39, 0.29) is 5.96 Å². The molecule has 0 aliphatic rings. The molecule has 0 saturated heterocycles. The van der Waals surface area contributed by atoms with E-state index in [1.807, 2.05) is 0 Å². The van der Waals surface area contributed by atoms with Crippen LogP contribution in [-0.2, 0) is 0 Å². The quantitative estimate of drug-likeness (QED) is 0.367. The number of aromatic nitrogens is 1. The number of anilines is 1. The van der Waals surface area contributed by atoms with Gasteiger partial charge in [-0.3, -0.25) is 10.3 Å². The Bertz CT molecular complexity index is 536. The molecule has 0 radical (unpaired) electrons. The van der Waals surface area contributed by atoms with Crippen LogP contribution in [0.15, 0.2) is 29.5 Å². The molecule has 0 aromatic carbocycles. The summed E-state index contributed by atoms with van der Waals surface area (Å²) in [6, 6.07) is 3.40. The summed E-state index contributed by atoms with van der Waals surface area (Å²) in [7, 11) is 0. The van der Waals surface area contributed by atoms with Gasteiger partial charge in [-0.05, 0) is 32.4 Å². The largest absolute Gasteiger partial charge is 0.324 e. The summed E-state index contributed by atoms with van der Waals surface area (Å²) in [6.45, 7) is 1.22. The van der Waals surface area contributed by atoms with Crippen LogP contribution in [0.3, 0.4) is 0 Å². The van der Waals surface area contributed by atoms with Crippen LogP contribution in [-0.4, -0.2) is 16.5 Å². The Morgan fingerprint density at radius 3 is 3.18 bits per heavy atom. The lowest BCUT2D eigenvalue weighted by atomic mass is 10.0. The van der Waals surface area contributed by atoms with Gasteiger partial charge in [0, 0.05) is 11.7 Å². The third kappa shape index (κ3) is 4.51. The van der Waals surface area contributed by atoms with Crippen LogP contribution in [0.25, 0.3) is 0 Å². The van der Waals surface area contributed by atoms with Crippen LogP contribution >= 0.6 is 0 Å². The molecule has 0 amide bonds. The lowest BCUT2D eigenvalue weighted by Crippen LogP contribution is -2.31. The Hall–Kier alpha value is -2.09. The standard InChI is InChI=1S/C12H17N5/c1-4-12(2,3)17-11(15-9-13)16-10-6-5-7-14-8-10/h5-8H,4H2,1-3H3,(H2,15,16,17)/i1T2,4T2. The number of nitrogens with zero attached hydrogens (tertiary/aromatic N) is 3. The summed E-state index contributed by atoms with van der Waals surface area (Å²) < 4.78 is 30.3. The molecule has 0 saturated carbocycles. The number of nitriles is 1. The number of hydrogen-bond acceptors (Lipinski definition) is 3. The molecule has 90 valence electrons. The van der Waals surface area contributed by atoms with E-state index >= 15 is 0 Å². The van der Waals surface area contributed by atoms with E-state index in [9.17, 15) is 0 Å². The fourth-order valence-corrected chi connectivity index (χ4v) is 1.03. The molecule has 0 atom stereocenters. The molecule has 5 nitrogen and oxygen atoms in total. The van der Waals surface area contributed by atoms with Gasteiger partial charge in [0.2, 0.25) is 5.96 Å². The van der Waals surface area contributed by atoms with Crippen molar-refractivity contribution in [1.29, 1.82) is 5.26 Å². The van der Waals surface area contributed by atoms with E-state index in [1.54, 1.807) is 24.5 Å². The Balaban J connectivity index is 3.07. The van der Waals surface area contributed by atoms with Crippen LogP contribution < -0.4 is 10.6 Å². The summed E-state index contributed by atoms with van der Waals surface area (Å²) in [4.78, 5) is 8.02. The van der Waals surface area contributed by atoms with Crippen LogP contribution in [0.4, 0.5) is 5.69 Å². The van der Waals surface area contributed by atoms with Gasteiger partial charge in [-0.15, -0.1) is 0 Å². The first-order valence-corrected chi connectivity index (χ1v) is 4.97. The highest BCUT2D eigenvalue weighted by Gasteiger charge is 2.14. The Morgan fingerprint density at radius 2 is 2.59 bits per heavy atom. The van der Waals surface area contributed by atoms with Crippen molar-refractivity contribution >= 4 is 11.6 Å². The minimum atomic E-state index is -2.19. The van der Waals surface area contributed by atoms with Crippen molar-refractivity contribution < 1.29 is 5.48 Å². The van der Waals surface area contributed by atoms with E-state index in [4.69, 9.17) is 10.7 Å². The Labute approximate surface area is 107 Å². The molecular weight excluding hydrogens is 214 g/mol. The van der Waals surface area contributed by atoms with E-state index < -0.39 is 18.8 Å². The minimum Gasteiger partial charge on any atom is -0.324 e. The number of hydrogen-bond donors (Lipinski definition) is 2. The second kappa shape index (κ2) is 5.85. The number of nitrogens with one attached hydrogen (secondary N) is 2. The van der Waals surface area contributed by atoms with Crippen molar-refractivity contribution in [2.24, 2.45) is 4.99 Å². The molecule has 5 heteroatoms. The maximum atomic E-state index is 8.76. The molecule has 0 bridgehead atoms. The average Bonchev–Trinajstić information content (AvgIpc) is 2.39. The molecule has 0 spiro atoms. The molecule has 1 heterocycles. The number of rotatable bonds is 3. The van der Waals surface area contributed by atoms with Crippen LogP contribution in [0, 0.1) is 11.5 Å². The summed E-state index contributed by atoms with van der Waals surface area (Å²) in [6.07, 6.45) is 2.64. The topological polar surface area (TPSA) is 73.1 Å². The van der Waals surface area contributed by atoms with Crippen molar-refractivity contribution in [3.8, 4) is 6.19 Å². The fourth-order valence-electron chi connectivity index (χ4n) is 1.03. The summed E-state index contributed by atoms with van der Waals surface area (Å²) in [5.41, 5.74) is -0.807. The van der Waals surface area contributed by atoms with Gasteiger partial charge in [-0.1, -0.05) is 6.88 Å². The number of aliphatic imine (C=N–C) groups is 1. The predicted octanol–water partition coefficient (Wildman–Crippen LogP) is 2.11. The van der Waals surface area contributed by atoms with Gasteiger partial charge in [-0.2, -0.15) is 5.26 Å². The zero-order valence-corrected chi connectivity index (χ0v) is 9.73. The fraction of sp³-hybridized carbons (Fsp3) is 0.417. The van der Waals surface area contributed by atoms with Gasteiger partial charge >= 0.3 is 0 Å².